The summed E-state index contributed by atoms with van der Waals surface area (Å²) in [6.07, 6.45) is 0. The maximum absolute atomic E-state index is 13.8. The molecular formula is C24H22FNO4S. The van der Waals surface area contributed by atoms with E-state index in [9.17, 15) is 13.4 Å². The van der Waals surface area contributed by atoms with E-state index in [-0.39, 0.29) is 17.6 Å². The molecule has 0 bridgehead atoms. The highest BCUT2D eigenvalue weighted by Crippen LogP contribution is 2.43. The summed E-state index contributed by atoms with van der Waals surface area (Å²) in [5.74, 6) is -0.322. The van der Waals surface area contributed by atoms with Gasteiger partial charge in [0.1, 0.15) is 11.6 Å². The average Bonchev–Trinajstić information content (AvgIpc) is 3.11. The van der Waals surface area contributed by atoms with Crippen molar-refractivity contribution in [2.45, 2.75) is 17.6 Å². The van der Waals surface area contributed by atoms with Gasteiger partial charge in [-0.2, -0.15) is 0 Å². The summed E-state index contributed by atoms with van der Waals surface area (Å²) in [5, 5.41) is 0. The Morgan fingerprint density at radius 2 is 1.74 bits per heavy atom. The minimum Gasteiger partial charge on any atom is -0.497 e. The number of benzene rings is 3. The predicted molar refractivity (Wildman–Crippen MR) is 118 cm³/mol. The van der Waals surface area contributed by atoms with Crippen LogP contribution in [0, 0.1) is 5.82 Å². The van der Waals surface area contributed by atoms with Gasteiger partial charge >= 0.3 is 0 Å². The van der Waals surface area contributed by atoms with Gasteiger partial charge < -0.3 is 14.2 Å². The maximum atomic E-state index is 13.8. The van der Waals surface area contributed by atoms with Gasteiger partial charge in [0.05, 0.1) is 18.8 Å². The van der Waals surface area contributed by atoms with Gasteiger partial charge in [-0.15, -0.1) is 0 Å². The number of hydrogen-bond donors (Lipinski definition) is 1. The van der Waals surface area contributed by atoms with Crippen LogP contribution in [0.4, 0.5) is 10.1 Å². The van der Waals surface area contributed by atoms with Crippen molar-refractivity contribution < 1.29 is 22.7 Å². The highest BCUT2D eigenvalue weighted by atomic mass is 32.2. The first-order chi connectivity index (χ1) is 15.0. The lowest BCUT2D eigenvalue weighted by Crippen LogP contribution is -2.26. The molecular weight excluding hydrogens is 417 g/mol. The van der Waals surface area contributed by atoms with E-state index in [0.717, 1.165) is 16.7 Å². The van der Waals surface area contributed by atoms with E-state index in [0.29, 0.717) is 18.0 Å². The van der Waals surface area contributed by atoms with Crippen LogP contribution < -0.4 is 9.64 Å². The van der Waals surface area contributed by atoms with Gasteiger partial charge in [-0.1, -0.05) is 42.5 Å². The predicted octanol–water partition coefficient (Wildman–Crippen LogP) is 4.47. The fourth-order valence-electron chi connectivity index (χ4n) is 4.10. The van der Waals surface area contributed by atoms with Gasteiger partial charge in [0.2, 0.25) is 5.91 Å². The SMILES string of the molecule is COc1ccc(C2C(=O)N(c3cccc(F)c3)CC2c2ccc(CS(=O)O)cc2)cc1. The highest BCUT2D eigenvalue weighted by molar-refractivity contribution is 7.78. The molecule has 1 heterocycles. The smallest absolute Gasteiger partial charge is 0.235 e. The monoisotopic (exact) mass is 439 g/mol. The van der Waals surface area contributed by atoms with Gasteiger partial charge in [0, 0.05) is 18.2 Å². The Balaban J connectivity index is 1.72. The average molecular weight is 440 g/mol. The number of hydrogen-bond acceptors (Lipinski definition) is 3. The summed E-state index contributed by atoms with van der Waals surface area (Å²) in [4.78, 5) is 15.1. The summed E-state index contributed by atoms with van der Waals surface area (Å²) in [6.45, 7) is 0.407. The molecule has 3 aromatic carbocycles. The summed E-state index contributed by atoms with van der Waals surface area (Å²) < 4.78 is 39.3. The third-order valence-electron chi connectivity index (χ3n) is 5.61. The molecule has 0 spiro atoms. The zero-order valence-electron chi connectivity index (χ0n) is 16.9. The van der Waals surface area contributed by atoms with E-state index >= 15 is 0 Å². The standard InChI is InChI=1S/C24H22FNO4S/c1-30-21-11-9-18(10-12-21)23-22(17-7-5-16(6-8-17)15-31(28)29)14-26(24(23)27)20-4-2-3-19(25)13-20/h2-13,22-23H,14-15H2,1H3,(H,28,29). The van der Waals surface area contributed by atoms with E-state index in [1.807, 2.05) is 48.5 Å². The molecule has 1 N–H and O–H groups in total. The number of nitrogens with zero attached hydrogens (tertiary/aromatic N) is 1. The number of anilines is 1. The molecule has 1 saturated heterocycles. The molecule has 3 unspecified atom stereocenters. The molecule has 160 valence electrons. The van der Waals surface area contributed by atoms with Crippen LogP contribution in [-0.2, 0) is 21.6 Å². The number of carbonyl (C=O) groups excluding carboxylic acids is 1. The van der Waals surface area contributed by atoms with Crippen LogP contribution in [0.25, 0.3) is 0 Å². The van der Waals surface area contributed by atoms with Crippen LogP contribution in [0.15, 0.2) is 72.8 Å². The lowest BCUT2D eigenvalue weighted by atomic mass is 9.83. The van der Waals surface area contributed by atoms with Gasteiger partial charge in [0.15, 0.2) is 11.1 Å². The molecule has 3 atom stereocenters. The Labute approximate surface area is 182 Å². The van der Waals surface area contributed by atoms with Crippen molar-refractivity contribution in [3.63, 3.8) is 0 Å². The Morgan fingerprint density at radius 1 is 1.06 bits per heavy atom. The maximum Gasteiger partial charge on any atom is 0.235 e. The fraction of sp³-hybridized carbons (Fsp3) is 0.208. The van der Waals surface area contributed by atoms with Crippen molar-refractivity contribution in [1.82, 2.24) is 0 Å². The molecule has 0 aliphatic carbocycles. The van der Waals surface area contributed by atoms with Crippen LogP contribution in [0.2, 0.25) is 0 Å². The largest absolute Gasteiger partial charge is 0.497 e. The minimum absolute atomic E-state index is 0.0567. The molecule has 0 aromatic heterocycles. The van der Waals surface area contributed by atoms with Gasteiger partial charge in [-0.25, -0.2) is 8.60 Å². The molecule has 5 nitrogen and oxygen atoms in total. The number of methoxy groups -OCH3 is 1. The molecule has 1 aliphatic heterocycles. The van der Waals surface area contributed by atoms with Crippen LogP contribution in [0.1, 0.15) is 28.5 Å². The second-order valence-electron chi connectivity index (χ2n) is 7.49. The number of halogens is 1. The first kappa shape index (κ1) is 21.2. The molecule has 1 fully saturated rings. The summed E-state index contributed by atoms with van der Waals surface area (Å²) in [7, 11) is 1.59. The quantitative estimate of drug-likeness (QED) is 0.576. The molecule has 1 aliphatic rings. The molecule has 3 aromatic rings. The van der Waals surface area contributed by atoms with E-state index in [2.05, 4.69) is 0 Å². The van der Waals surface area contributed by atoms with Crippen molar-refractivity contribution in [1.29, 1.82) is 0 Å². The first-order valence-corrected chi connectivity index (χ1v) is 11.1. The molecule has 0 saturated carbocycles. The fourth-order valence-corrected chi connectivity index (χ4v) is 4.57. The number of amides is 1. The Hall–Kier alpha value is -3.03. The Kier molecular flexibility index (Phi) is 6.15. The topological polar surface area (TPSA) is 66.8 Å². The third kappa shape index (κ3) is 4.52. The second-order valence-corrected chi connectivity index (χ2v) is 8.43. The summed E-state index contributed by atoms with van der Waals surface area (Å²) in [6, 6.07) is 20.9. The van der Waals surface area contributed by atoms with E-state index < -0.39 is 22.8 Å². The van der Waals surface area contributed by atoms with Crippen LogP contribution >= 0.6 is 0 Å². The lowest BCUT2D eigenvalue weighted by Gasteiger charge is -2.18. The van der Waals surface area contributed by atoms with Crippen molar-refractivity contribution >= 4 is 22.7 Å². The molecule has 4 rings (SSSR count). The van der Waals surface area contributed by atoms with Crippen molar-refractivity contribution in [3.8, 4) is 5.75 Å². The summed E-state index contributed by atoms with van der Waals surface area (Å²) in [5.41, 5.74) is 3.07. The van der Waals surface area contributed by atoms with E-state index in [4.69, 9.17) is 9.29 Å². The molecule has 7 heteroatoms. The first-order valence-electron chi connectivity index (χ1n) is 9.83. The Morgan fingerprint density at radius 3 is 2.35 bits per heavy atom. The summed E-state index contributed by atoms with van der Waals surface area (Å²) >= 11 is -1.91. The number of carbonyl (C=O) groups is 1. The van der Waals surface area contributed by atoms with Gasteiger partial charge in [0.25, 0.3) is 0 Å². The van der Waals surface area contributed by atoms with E-state index in [1.165, 1.54) is 12.1 Å². The van der Waals surface area contributed by atoms with Crippen LogP contribution in [-0.4, -0.2) is 28.3 Å². The zero-order valence-corrected chi connectivity index (χ0v) is 17.7. The molecule has 31 heavy (non-hydrogen) atoms. The van der Waals surface area contributed by atoms with Crippen molar-refractivity contribution in [2.24, 2.45) is 0 Å². The van der Waals surface area contributed by atoms with Crippen molar-refractivity contribution in [3.05, 3.63) is 95.3 Å². The normalized spacial score (nSPS) is 19.5. The molecule has 1 amide bonds. The van der Waals surface area contributed by atoms with E-state index in [1.54, 1.807) is 24.1 Å². The second kappa shape index (κ2) is 8.99. The third-order valence-corrected chi connectivity index (χ3v) is 6.19. The lowest BCUT2D eigenvalue weighted by molar-refractivity contribution is -0.118. The van der Waals surface area contributed by atoms with Gasteiger partial charge in [-0.3, -0.25) is 4.79 Å². The van der Waals surface area contributed by atoms with Gasteiger partial charge in [-0.05, 0) is 47.0 Å². The highest BCUT2D eigenvalue weighted by Gasteiger charge is 2.42. The zero-order chi connectivity index (χ0) is 22.0. The molecule has 0 radical (unpaired) electrons. The number of ether oxygens (including phenoxy) is 1. The van der Waals surface area contributed by atoms with Crippen LogP contribution in [0.5, 0.6) is 5.75 Å². The number of rotatable bonds is 6. The minimum atomic E-state index is -1.91. The Bertz CT molecular complexity index is 1100. The van der Waals surface area contributed by atoms with Crippen molar-refractivity contribution in [2.75, 3.05) is 18.6 Å². The van der Waals surface area contributed by atoms with Crippen LogP contribution in [0.3, 0.4) is 0 Å².